The fourth-order valence-electron chi connectivity index (χ4n) is 8.34. The highest BCUT2D eigenvalue weighted by Crippen LogP contribution is 2.50. The highest BCUT2D eigenvalue weighted by atomic mass is 19.1. The number of anilines is 1. The van der Waals surface area contributed by atoms with Crippen molar-refractivity contribution in [1.82, 2.24) is 38.9 Å². The van der Waals surface area contributed by atoms with Gasteiger partial charge in [0, 0.05) is 36.3 Å². The van der Waals surface area contributed by atoms with Crippen LogP contribution < -0.4 is 10.9 Å². The van der Waals surface area contributed by atoms with Gasteiger partial charge in [0.2, 0.25) is 11.7 Å². The van der Waals surface area contributed by atoms with E-state index in [2.05, 4.69) is 25.4 Å². The number of carbonyl (C=O) groups is 2. The number of rotatable bonds is 8. The van der Waals surface area contributed by atoms with Crippen LogP contribution in [-0.4, -0.2) is 83.0 Å². The Labute approximate surface area is 309 Å². The van der Waals surface area contributed by atoms with E-state index in [0.29, 0.717) is 48.7 Å². The summed E-state index contributed by atoms with van der Waals surface area (Å²) in [5.74, 6) is -2.11. The minimum atomic E-state index is -0.672. The number of carbonyl (C=O) groups excluding carboxylic acids is 2. The van der Waals surface area contributed by atoms with Crippen LogP contribution in [0.15, 0.2) is 47.5 Å². The number of hydrogen-bond acceptors (Lipinski definition) is 9. The summed E-state index contributed by atoms with van der Waals surface area (Å²) in [6.45, 7) is 4.36. The molecule has 1 unspecified atom stereocenters. The second-order valence-corrected chi connectivity index (χ2v) is 15.2. The number of nitrogens with one attached hydrogen (secondary N) is 1. The van der Waals surface area contributed by atoms with Crippen LogP contribution in [0, 0.1) is 18.6 Å². The van der Waals surface area contributed by atoms with Crippen LogP contribution >= 0.6 is 0 Å². The zero-order valence-corrected chi connectivity index (χ0v) is 30.6. The van der Waals surface area contributed by atoms with E-state index in [9.17, 15) is 19.5 Å². The molecule has 1 atom stereocenters. The van der Waals surface area contributed by atoms with Crippen molar-refractivity contribution in [3.63, 3.8) is 0 Å². The maximum atomic E-state index is 15.6. The average molecular weight is 738 g/mol. The number of fused-ring (bicyclic) bond motifs is 3. The van der Waals surface area contributed by atoms with Crippen molar-refractivity contribution in [3.05, 3.63) is 98.5 Å². The molecule has 4 heterocycles. The van der Waals surface area contributed by atoms with Crippen molar-refractivity contribution in [2.24, 2.45) is 0 Å². The molecule has 15 heteroatoms. The van der Waals surface area contributed by atoms with Gasteiger partial charge in [-0.25, -0.2) is 18.7 Å². The number of aromatic nitrogens is 6. The van der Waals surface area contributed by atoms with Gasteiger partial charge in [0.15, 0.2) is 17.3 Å². The summed E-state index contributed by atoms with van der Waals surface area (Å²) < 4.78 is 33.5. The molecule has 3 aromatic heterocycles. The van der Waals surface area contributed by atoms with E-state index < -0.39 is 34.4 Å². The summed E-state index contributed by atoms with van der Waals surface area (Å²) in [4.78, 5) is 58.0. The Balaban J connectivity index is 1.18. The Hall–Kier alpha value is -5.57. The monoisotopic (exact) mass is 737 g/mol. The Morgan fingerprint density at radius 2 is 1.81 bits per heavy atom. The SMILES string of the molecule is Cc1ncnc(C(=O)N2CCC3(CC2)CC(C)c2c3c(=O)n3nc(-c4ccc(CN(C)C)cc4F)nc3n2CC(=O)Nc2ccc(C3CC3)cc2F)c1O. The average Bonchev–Trinajstić information content (AvgIpc) is 3.82. The molecule has 54 heavy (non-hydrogen) atoms. The van der Waals surface area contributed by atoms with Crippen molar-refractivity contribution in [2.45, 2.75) is 76.3 Å². The number of hydrogen-bond donors (Lipinski definition) is 2. The molecule has 2 aliphatic carbocycles. The van der Waals surface area contributed by atoms with Crippen LogP contribution in [0.5, 0.6) is 5.75 Å². The van der Waals surface area contributed by atoms with Crippen LogP contribution in [0.2, 0.25) is 0 Å². The normalized spacial score (nSPS) is 17.8. The van der Waals surface area contributed by atoms with E-state index in [0.717, 1.165) is 28.5 Å². The first-order valence-electron chi connectivity index (χ1n) is 18.2. The molecule has 8 rings (SSSR count). The first-order chi connectivity index (χ1) is 25.8. The van der Waals surface area contributed by atoms with Gasteiger partial charge >= 0.3 is 0 Å². The van der Waals surface area contributed by atoms with Crippen molar-refractivity contribution in [3.8, 4) is 17.1 Å². The van der Waals surface area contributed by atoms with E-state index >= 15 is 8.78 Å². The van der Waals surface area contributed by atoms with Crippen LogP contribution in [0.4, 0.5) is 14.5 Å². The van der Waals surface area contributed by atoms with Gasteiger partial charge in [-0.1, -0.05) is 19.1 Å². The number of aromatic hydroxyl groups is 1. The maximum Gasteiger partial charge on any atom is 0.279 e. The van der Waals surface area contributed by atoms with Gasteiger partial charge in [0.25, 0.3) is 11.5 Å². The lowest BCUT2D eigenvalue weighted by Gasteiger charge is -2.39. The van der Waals surface area contributed by atoms with E-state index in [1.54, 1.807) is 34.6 Å². The molecule has 13 nitrogen and oxygen atoms in total. The van der Waals surface area contributed by atoms with Gasteiger partial charge < -0.3 is 24.8 Å². The number of piperidine rings is 1. The molecular weight excluding hydrogens is 696 g/mol. The molecule has 2 aromatic carbocycles. The van der Waals surface area contributed by atoms with Gasteiger partial charge in [-0.05, 0) is 100 Å². The molecule has 5 aromatic rings. The zero-order valence-electron chi connectivity index (χ0n) is 30.6. The number of halogens is 2. The number of aryl methyl sites for hydroxylation is 1. The topological polar surface area (TPSA) is 151 Å². The van der Waals surface area contributed by atoms with Gasteiger partial charge in [0.1, 0.15) is 24.5 Å². The van der Waals surface area contributed by atoms with E-state index in [-0.39, 0.29) is 59.8 Å². The molecular formula is C39H41F2N9O4. The van der Waals surface area contributed by atoms with Gasteiger partial charge in [-0.2, -0.15) is 9.50 Å². The largest absolute Gasteiger partial charge is 0.504 e. The van der Waals surface area contributed by atoms with Gasteiger partial charge in [0.05, 0.1) is 16.9 Å². The molecule has 1 aliphatic heterocycles. The second kappa shape index (κ2) is 13.4. The Bertz CT molecular complexity index is 2400. The summed E-state index contributed by atoms with van der Waals surface area (Å²) in [5, 5.41) is 17.7. The summed E-state index contributed by atoms with van der Waals surface area (Å²) >= 11 is 0. The molecule has 2 amide bonds. The predicted molar refractivity (Wildman–Crippen MR) is 195 cm³/mol. The minimum absolute atomic E-state index is 0.0115. The molecule has 280 valence electrons. The van der Waals surface area contributed by atoms with Crippen LogP contribution in [0.3, 0.4) is 0 Å². The third-order valence-corrected chi connectivity index (χ3v) is 11.1. The van der Waals surface area contributed by atoms with E-state index in [4.69, 9.17) is 0 Å². The first kappa shape index (κ1) is 35.5. The predicted octanol–water partition coefficient (Wildman–Crippen LogP) is 4.90. The van der Waals surface area contributed by atoms with Crippen molar-refractivity contribution in [2.75, 3.05) is 32.5 Å². The molecule has 0 radical (unpaired) electrons. The first-order valence-corrected chi connectivity index (χ1v) is 18.2. The standard InChI is InChI=1S/C39H41F2N9O4/c1-21-17-39(11-13-48(14-12-39)37(54)32-34(52)22(2)42-20-43-32)31-33(21)49(19-30(51)44-29-10-8-25(16-28(29)41)24-6-7-24)38-45-35(46-50(38)36(31)53)26-9-5-23(15-27(26)40)18-47(3)4/h5,8-10,15-16,20-21,24,52H,6-7,11-14,17-19H2,1-4H3,(H,44,51). The molecule has 1 spiro atoms. The van der Waals surface area contributed by atoms with Crippen LogP contribution in [-0.2, 0) is 23.3 Å². The Kier molecular flexibility index (Phi) is 8.78. The third kappa shape index (κ3) is 6.19. The van der Waals surface area contributed by atoms with Crippen molar-refractivity contribution < 1.29 is 23.5 Å². The highest BCUT2D eigenvalue weighted by molar-refractivity contribution is 5.95. The summed E-state index contributed by atoms with van der Waals surface area (Å²) in [5.41, 5.74) is 2.01. The molecule has 2 fully saturated rings. The van der Waals surface area contributed by atoms with Crippen LogP contribution in [0.25, 0.3) is 17.2 Å². The third-order valence-electron chi connectivity index (χ3n) is 11.1. The Morgan fingerprint density at radius 3 is 2.50 bits per heavy atom. The lowest BCUT2D eigenvalue weighted by molar-refractivity contribution is -0.116. The second-order valence-electron chi connectivity index (χ2n) is 15.2. The molecule has 1 saturated carbocycles. The van der Waals surface area contributed by atoms with Crippen molar-refractivity contribution >= 4 is 23.3 Å². The Morgan fingerprint density at radius 1 is 1.06 bits per heavy atom. The fraction of sp³-hybridized carbons (Fsp3) is 0.410. The lowest BCUT2D eigenvalue weighted by atomic mass is 9.73. The summed E-state index contributed by atoms with van der Waals surface area (Å²) in [6.07, 6.45) is 4.69. The quantitative estimate of drug-likeness (QED) is 0.227. The lowest BCUT2D eigenvalue weighted by Crippen LogP contribution is -2.46. The summed E-state index contributed by atoms with van der Waals surface area (Å²) in [6, 6.07) is 9.63. The van der Waals surface area contributed by atoms with Crippen LogP contribution in [0.1, 0.15) is 89.4 Å². The zero-order chi connectivity index (χ0) is 38.1. The highest BCUT2D eigenvalue weighted by Gasteiger charge is 2.49. The maximum absolute atomic E-state index is 15.6. The summed E-state index contributed by atoms with van der Waals surface area (Å²) in [7, 11) is 3.77. The number of benzene rings is 2. The van der Waals surface area contributed by atoms with Gasteiger partial charge in [-0.15, -0.1) is 5.10 Å². The van der Waals surface area contributed by atoms with Gasteiger partial charge in [-0.3, -0.25) is 14.4 Å². The molecule has 0 bridgehead atoms. The molecule has 3 aliphatic rings. The fourth-order valence-corrected chi connectivity index (χ4v) is 8.34. The minimum Gasteiger partial charge on any atom is -0.504 e. The smallest absolute Gasteiger partial charge is 0.279 e. The number of likely N-dealkylation sites (tertiary alicyclic amines) is 1. The van der Waals surface area contributed by atoms with E-state index in [1.165, 1.54) is 18.5 Å². The number of amides is 2. The van der Waals surface area contributed by atoms with Crippen molar-refractivity contribution in [1.29, 1.82) is 0 Å². The molecule has 1 saturated heterocycles. The molecule has 2 N–H and O–H groups in total. The van der Waals surface area contributed by atoms with E-state index in [1.807, 2.05) is 32.0 Å². The number of nitrogens with zero attached hydrogens (tertiary/aromatic N) is 8.